The van der Waals surface area contributed by atoms with Gasteiger partial charge in [0.15, 0.2) is 0 Å². The van der Waals surface area contributed by atoms with E-state index in [0.29, 0.717) is 11.2 Å². The molecule has 6 rings (SSSR count). The number of aryl methyl sites for hydroxylation is 2. The number of nitrogens with zero attached hydrogens (tertiary/aromatic N) is 2. The lowest BCUT2D eigenvalue weighted by atomic mass is 9.80. The van der Waals surface area contributed by atoms with Crippen molar-refractivity contribution >= 4 is 73.8 Å². The predicted molar refractivity (Wildman–Crippen MR) is 189 cm³/mol. The summed E-state index contributed by atoms with van der Waals surface area (Å²) in [6.07, 6.45) is 9.92. The molecule has 4 heterocycles. The van der Waals surface area contributed by atoms with E-state index >= 15 is 0 Å². The fourth-order valence-corrected chi connectivity index (χ4v) is 4.67. The summed E-state index contributed by atoms with van der Waals surface area (Å²) in [5.74, 6) is -0.559. The Bertz CT molecular complexity index is 2020. The van der Waals surface area contributed by atoms with Crippen LogP contribution < -0.4 is 16.1 Å². The number of pyridine rings is 2. The largest absolute Gasteiger partial charge is 0.488 e. The summed E-state index contributed by atoms with van der Waals surface area (Å²) in [5.41, 5.74) is 7.81. The normalized spacial score (nSPS) is 10.2. The summed E-state index contributed by atoms with van der Waals surface area (Å²) < 4.78 is 1.02. The van der Waals surface area contributed by atoms with Crippen molar-refractivity contribution < 1.29 is 19.6 Å². The third kappa shape index (κ3) is 8.88. The van der Waals surface area contributed by atoms with Gasteiger partial charge in [-0.25, -0.2) is 9.97 Å². The van der Waals surface area contributed by atoms with Gasteiger partial charge in [-0.1, -0.05) is 37.4 Å². The molecule has 232 valence electrons. The Morgan fingerprint density at radius 3 is 1.91 bits per heavy atom. The zero-order valence-corrected chi connectivity index (χ0v) is 26.8. The number of benzene rings is 2. The van der Waals surface area contributed by atoms with Crippen LogP contribution in [0.25, 0.3) is 33.2 Å². The Hall–Kier alpha value is -5.30. The van der Waals surface area contributed by atoms with Gasteiger partial charge in [0.2, 0.25) is 11.8 Å². The van der Waals surface area contributed by atoms with Crippen LogP contribution in [-0.2, 0) is 9.59 Å². The molecule has 0 fully saturated rings. The molecule has 0 atom stereocenters. The predicted octanol–water partition coefficient (Wildman–Crippen LogP) is 5.79. The Morgan fingerprint density at radius 2 is 1.33 bits per heavy atom. The van der Waals surface area contributed by atoms with Gasteiger partial charge in [0, 0.05) is 57.0 Å². The van der Waals surface area contributed by atoms with Gasteiger partial charge in [0.25, 0.3) is 0 Å². The van der Waals surface area contributed by atoms with E-state index in [2.05, 4.69) is 78.7 Å². The number of aromatic amines is 2. The van der Waals surface area contributed by atoms with Gasteiger partial charge < -0.3 is 30.6 Å². The second kappa shape index (κ2) is 15.6. The summed E-state index contributed by atoms with van der Waals surface area (Å²) in [7, 11) is -1.53. The van der Waals surface area contributed by atoms with Crippen LogP contribution >= 0.6 is 15.9 Å². The second-order valence-electron chi connectivity index (χ2n) is 10.1. The Kier molecular flexibility index (Phi) is 11.4. The van der Waals surface area contributed by atoms with E-state index in [4.69, 9.17) is 10.0 Å². The van der Waals surface area contributed by atoms with Crippen molar-refractivity contribution in [2.24, 2.45) is 0 Å². The van der Waals surface area contributed by atoms with Crippen molar-refractivity contribution in [3.05, 3.63) is 126 Å². The van der Waals surface area contributed by atoms with Crippen molar-refractivity contribution in [2.75, 3.05) is 10.6 Å². The van der Waals surface area contributed by atoms with Crippen LogP contribution in [0.3, 0.4) is 0 Å². The lowest BCUT2D eigenvalue weighted by Gasteiger charge is -2.06. The summed E-state index contributed by atoms with van der Waals surface area (Å²) in [5, 5.41) is 25.3. The zero-order valence-electron chi connectivity index (χ0n) is 25.2. The van der Waals surface area contributed by atoms with E-state index < -0.39 is 7.12 Å². The van der Waals surface area contributed by atoms with Crippen LogP contribution in [0.4, 0.5) is 11.4 Å². The third-order valence-electron chi connectivity index (χ3n) is 6.73. The number of carbonyl (C=O) groups is 2. The molecule has 0 saturated heterocycles. The Morgan fingerprint density at radius 1 is 0.783 bits per heavy atom. The maximum Gasteiger partial charge on any atom is 0.488 e. The lowest BCUT2D eigenvalue weighted by Crippen LogP contribution is -2.29. The number of H-pyrrole nitrogens is 2. The molecule has 2 amide bonds. The van der Waals surface area contributed by atoms with Crippen molar-refractivity contribution in [2.45, 2.75) is 13.8 Å². The fraction of sp³-hybridized carbons (Fsp3) is 0.0588. The SMILES string of the molecule is C=CC(=O)Nc1cccc(-c2cnc3[nH]cc(C)c3c2)c1.C=CC(=O)Nc1cccc(B(O)O)c1.Cc1c[nH]c2ncc(Br)cc12. The van der Waals surface area contributed by atoms with Crippen molar-refractivity contribution in [3.63, 3.8) is 0 Å². The molecule has 0 saturated carbocycles. The van der Waals surface area contributed by atoms with Crippen LogP contribution in [-0.4, -0.2) is 48.9 Å². The van der Waals surface area contributed by atoms with Crippen LogP contribution in [0.5, 0.6) is 0 Å². The molecule has 10 nitrogen and oxygen atoms in total. The number of rotatable bonds is 6. The summed E-state index contributed by atoms with van der Waals surface area (Å²) in [6, 6.07) is 18.1. The molecule has 46 heavy (non-hydrogen) atoms. The van der Waals surface area contributed by atoms with E-state index in [1.54, 1.807) is 24.4 Å². The molecule has 0 aliphatic rings. The quantitative estimate of drug-likeness (QED) is 0.0968. The standard InChI is InChI=1S/C17H15N3O.C9H10BNO3.C8H7BrN2/c1-3-16(21)20-14-6-4-5-12(7-14)13-8-15-11(2)9-18-17(15)19-10-13;1-2-9(12)11-8-5-3-4-7(6-8)10(13)14;1-5-3-10-8-7(5)2-6(9)4-11-8/h3-10H,1H2,2H3,(H,18,19)(H,20,21);2-6,13-14H,1H2,(H,11,12);2-4H,1H3,(H,10,11). The summed E-state index contributed by atoms with van der Waals surface area (Å²) in [6.45, 7) is 10.9. The first-order chi connectivity index (χ1) is 22.1. The number of halogens is 1. The minimum absolute atomic E-state index is 0.220. The Labute approximate surface area is 274 Å². The minimum Gasteiger partial charge on any atom is -0.423 e. The topological polar surface area (TPSA) is 156 Å². The van der Waals surface area contributed by atoms with E-state index in [1.165, 1.54) is 23.1 Å². The van der Waals surface area contributed by atoms with Gasteiger partial charge in [-0.15, -0.1) is 0 Å². The van der Waals surface area contributed by atoms with Gasteiger partial charge in [0.1, 0.15) is 11.3 Å². The maximum atomic E-state index is 11.4. The highest BCUT2D eigenvalue weighted by atomic mass is 79.9. The molecule has 0 bridgehead atoms. The number of fused-ring (bicyclic) bond motifs is 2. The van der Waals surface area contributed by atoms with Crippen molar-refractivity contribution in [3.8, 4) is 11.1 Å². The molecule has 6 aromatic rings. The molecule has 0 aliphatic carbocycles. The number of aromatic nitrogens is 4. The van der Waals surface area contributed by atoms with E-state index in [1.807, 2.05) is 49.8 Å². The Balaban J connectivity index is 0.000000167. The van der Waals surface area contributed by atoms with Crippen LogP contribution in [0.15, 0.2) is 115 Å². The third-order valence-corrected chi connectivity index (χ3v) is 7.16. The van der Waals surface area contributed by atoms with Gasteiger partial charge in [-0.05, 0) is 100 Å². The number of nitrogens with one attached hydrogen (secondary N) is 4. The smallest absolute Gasteiger partial charge is 0.423 e. The van der Waals surface area contributed by atoms with Crippen LogP contribution in [0.2, 0.25) is 0 Å². The zero-order chi connectivity index (χ0) is 33.2. The number of hydrogen-bond acceptors (Lipinski definition) is 6. The van der Waals surface area contributed by atoms with Crippen molar-refractivity contribution in [1.29, 1.82) is 0 Å². The highest BCUT2D eigenvalue weighted by molar-refractivity contribution is 9.10. The number of hydrogen-bond donors (Lipinski definition) is 6. The molecule has 2 aromatic carbocycles. The van der Waals surface area contributed by atoms with Gasteiger partial charge in [-0.2, -0.15) is 0 Å². The number of amides is 2. The molecular formula is C34H32BBrN6O4. The second-order valence-corrected chi connectivity index (χ2v) is 11.0. The molecule has 0 radical (unpaired) electrons. The molecule has 4 aromatic heterocycles. The first-order valence-corrected chi connectivity index (χ1v) is 14.8. The lowest BCUT2D eigenvalue weighted by molar-refractivity contribution is -0.112. The molecule has 0 aliphatic heterocycles. The molecule has 0 unspecified atom stereocenters. The number of carbonyl (C=O) groups excluding carboxylic acids is 2. The van der Waals surface area contributed by atoms with E-state index in [9.17, 15) is 9.59 Å². The van der Waals surface area contributed by atoms with Gasteiger partial charge >= 0.3 is 7.12 Å². The molecule has 12 heteroatoms. The van der Waals surface area contributed by atoms with Crippen LogP contribution in [0, 0.1) is 13.8 Å². The van der Waals surface area contributed by atoms with Gasteiger partial charge in [0.05, 0.1) is 0 Å². The maximum absolute atomic E-state index is 11.4. The first-order valence-electron chi connectivity index (χ1n) is 14.0. The average molecular weight is 679 g/mol. The average Bonchev–Trinajstić information content (AvgIpc) is 3.62. The van der Waals surface area contributed by atoms with Crippen molar-refractivity contribution in [1.82, 2.24) is 19.9 Å². The number of anilines is 2. The van der Waals surface area contributed by atoms with Crippen LogP contribution in [0.1, 0.15) is 11.1 Å². The van der Waals surface area contributed by atoms with Gasteiger partial charge in [-0.3, -0.25) is 9.59 Å². The first kappa shape index (κ1) is 33.6. The van der Waals surface area contributed by atoms with E-state index in [0.717, 1.165) is 49.6 Å². The summed E-state index contributed by atoms with van der Waals surface area (Å²) in [4.78, 5) is 37.1. The molecule has 6 N–H and O–H groups in total. The minimum atomic E-state index is -1.53. The fourth-order valence-electron chi connectivity index (χ4n) is 4.34. The molecular weight excluding hydrogens is 647 g/mol. The summed E-state index contributed by atoms with van der Waals surface area (Å²) >= 11 is 3.37. The van der Waals surface area contributed by atoms with E-state index in [-0.39, 0.29) is 11.8 Å². The molecule has 0 spiro atoms. The highest BCUT2D eigenvalue weighted by Gasteiger charge is 2.11. The highest BCUT2D eigenvalue weighted by Crippen LogP contribution is 2.26. The monoisotopic (exact) mass is 678 g/mol.